The fourth-order valence-corrected chi connectivity index (χ4v) is 2.19. The maximum absolute atomic E-state index is 14.3. The summed E-state index contributed by atoms with van der Waals surface area (Å²) in [4.78, 5) is 16.1. The number of carbonyl (C=O) groups excluding carboxylic acids is 1. The first-order valence-electron chi connectivity index (χ1n) is 7.49. The van der Waals surface area contributed by atoms with E-state index >= 15 is 0 Å². The first kappa shape index (κ1) is 16.9. The number of ether oxygens (including phenoxy) is 2. The summed E-state index contributed by atoms with van der Waals surface area (Å²) in [5.41, 5.74) is 1.80. The summed E-state index contributed by atoms with van der Waals surface area (Å²) in [6, 6.07) is 7.87. The molecule has 0 radical (unpaired) electrons. The number of rotatable bonds is 5. The number of hydrogen-bond acceptors (Lipinski definition) is 4. The van der Waals surface area contributed by atoms with E-state index in [0.29, 0.717) is 29.2 Å². The van der Waals surface area contributed by atoms with Crippen LogP contribution in [0.5, 0.6) is 5.75 Å². The molecule has 0 bridgehead atoms. The molecule has 0 amide bonds. The lowest BCUT2D eigenvalue weighted by atomic mass is 10.0. The van der Waals surface area contributed by atoms with Crippen molar-refractivity contribution >= 4 is 5.97 Å². The second-order valence-corrected chi connectivity index (χ2v) is 5.39. The van der Waals surface area contributed by atoms with E-state index in [-0.39, 0.29) is 17.4 Å². The Balaban J connectivity index is 2.60. The van der Waals surface area contributed by atoms with Gasteiger partial charge in [0.05, 0.1) is 13.7 Å². The first-order chi connectivity index (χ1) is 11.0. The minimum atomic E-state index is -0.546. The van der Waals surface area contributed by atoms with E-state index in [4.69, 9.17) is 9.47 Å². The highest BCUT2D eigenvalue weighted by Gasteiger charge is 2.16. The summed E-state index contributed by atoms with van der Waals surface area (Å²) >= 11 is 0. The van der Waals surface area contributed by atoms with E-state index in [1.165, 1.54) is 19.2 Å². The fraction of sp³-hybridized carbons (Fsp3) is 0.333. The van der Waals surface area contributed by atoms with Gasteiger partial charge in [0, 0.05) is 11.3 Å². The average Bonchev–Trinajstić information content (AvgIpc) is 2.55. The normalized spacial score (nSPS) is 10.7. The van der Waals surface area contributed by atoms with Gasteiger partial charge in [-0.05, 0) is 48.7 Å². The zero-order valence-corrected chi connectivity index (χ0v) is 13.7. The lowest BCUT2D eigenvalue weighted by molar-refractivity contribution is 0.0593. The third kappa shape index (κ3) is 3.86. The number of hydrogen-bond donors (Lipinski definition) is 0. The van der Waals surface area contributed by atoms with Gasteiger partial charge in [0.2, 0.25) is 0 Å². The van der Waals surface area contributed by atoms with Gasteiger partial charge in [0.1, 0.15) is 17.3 Å². The number of benzene rings is 1. The molecule has 0 aliphatic heterocycles. The van der Waals surface area contributed by atoms with Crippen molar-refractivity contribution in [2.24, 2.45) is 0 Å². The van der Waals surface area contributed by atoms with Gasteiger partial charge < -0.3 is 9.47 Å². The van der Waals surface area contributed by atoms with Gasteiger partial charge >= 0.3 is 5.97 Å². The molecule has 0 saturated heterocycles. The van der Waals surface area contributed by atoms with Crippen LogP contribution >= 0.6 is 0 Å². The molecule has 0 saturated carbocycles. The standard InChI is InChI=1S/C18H20FNO3/c1-5-23-13-6-7-15(19)14(10-13)12-8-16(11(2)3)20-17(9-12)18(21)22-4/h6-11H,5H2,1-4H3. The quantitative estimate of drug-likeness (QED) is 0.776. The van der Waals surface area contributed by atoms with E-state index < -0.39 is 5.97 Å². The smallest absolute Gasteiger partial charge is 0.356 e. The van der Waals surface area contributed by atoms with Crippen molar-refractivity contribution in [2.75, 3.05) is 13.7 Å². The van der Waals surface area contributed by atoms with Gasteiger partial charge in [-0.15, -0.1) is 0 Å². The molecule has 5 heteroatoms. The monoisotopic (exact) mass is 317 g/mol. The highest BCUT2D eigenvalue weighted by molar-refractivity contribution is 5.89. The van der Waals surface area contributed by atoms with Crippen molar-refractivity contribution in [1.29, 1.82) is 0 Å². The molecule has 0 N–H and O–H groups in total. The maximum Gasteiger partial charge on any atom is 0.356 e. The molecule has 1 aromatic heterocycles. The lowest BCUT2D eigenvalue weighted by Crippen LogP contribution is -2.07. The highest BCUT2D eigenvalue weighted by atomic mass is 19.1. The number of esters is 1. The minimum absolute atomic E-state index is 0.0940. The van der Waals surface area contributed by atoms with Gasteiger partial charge in [0.15, 0.2) is 0 Å². The average molecular weight is 317 g/mol. The van der Waals surface area contributed by atoms with Gasteiger partial charge in [-0.25, -0.2) is 14.2 Å². The molecule has 0 fully saturated rings. The summed E-state index contributed by atoms with van der Waals surface area (Å²) in [5.74, 6) is -0.261. The van der Waals surface area contributed by atoms with Gasteiger partial charge in [0.25, 0.3) is 0 Å². The Labute approximate surface area is 135 Å². The molecule has 0 unspecified atom stereocenters. The summed E-state index contributed by atoms with van der Waals surface area (Å²) in [6.07, 6.45) is 0. The van der Waals surface area contributed by atoms with Crippen molar-refractivity contribution in [1.82, 2.24) is 4.98 Å². The molecule has 0 spiro atoms. The van der Waals surface area contributed by atoms with Crippen molar-refractivity contribution < 1.29 is 18.7 Å². The van der Waals surface area contributed by atoms with Crippen LogP contribution in [0.3, 0.4) is 0 Å². The lowest BCUT2D eigenvalue weighted by Gasteiger charge is -2.12. The van der Waals surface area contributed by atoms with Crippen LogP contribution in [-0.2, 0) is 4.74 Å². The Morgan fingerprint density at radius 2 is 2.00 bits per heavy atom. The van der Waals surface area contributed by atoms with Crippen molar-refractivity contribution in [3.63, 3.8) is 0 Å². The first-order valence-corrected chi connectivity index (χ1v) is 7.49. The molecule has 1 heterocycles. The molecule has 4 nitrogen and oxygen atoms in total. The molecule has 1 aromatic carbocycles. The van der Waals surface area contributed by atoms with Gasteiger partial charge in [-0.3, -0.25) is 0 Å². The third-order valence-corrected chi connectivity index (χ3v) is 3.39. The van der Waals surface area contributed by atoms with Crippen LogP contribution in [-0.4, -0.2) is 24.7 Å². The Morgan fingerprint density at radius 1 is 1.26 bits per heavy atom. The van der Waals surface area contributed by atoms with E-state index in [2.05, 4.69) is 4.98 Å². The molecule has 122 valence electrons. The van der Waals surface area contributed by atoms with Crippen molar-refractivity contribution in [3.8, 4) is 16.9 Å². The fourth-order valence-electron chi connectivity index (χ4n) is 2.19. The zero-order valence-electron chi connectivity index (χ0n) is 13.7. The Bertz CT molecular complexity index is 713. The minimum Gasteiger partial charge on any atom is -0.494 e. The van der Waals surface area contributed by atoms with E-state index in [9.17, 15) is 9.18 Å². The third-order valence-electron chi connectivity index (χ3n) is 3.39. The molecule has 23 heavy (non-hydrogen) atoms. The molecule has 2 rings (SSSR count). The van der Waals surface area contributed by atoms with E-state index in [0.717, 1.165) is 0 Å². The molecular formula is C18H20FNO3. The summed E-state index contributed by atoms with van der Waals surface area (Å²) in [5, 5.41) is 0. The topological polar surface area (TPSA) is 48.4 Å². The van der Waals surface area contributed by atoms with Crippen LogP contribution in [0, 0.1) is 5.82 Å². The van der Waals surface area contributed by atoms with E-state index in [1.54, 1.807) is 18.2 Å². The van der Waals surface area contributed by atoms with Crippen LogP contribution < -0.4 is 4.74 Å². The SMILES string of the molecule is CCOc1ccc(F)c(-c2cc(C(=O)OC)nc(C(C)C)c2)c1. The molecule has 2 aromatic rings. The molecular weight excluding hydrogens is 297 g/mol. The number of nitrogens with zero attached hydrogens (tertiary/aromatic N) is 1. The van der Waals surface area contributed by atoms with E-state index in [1.807, 2.05) is 20.8 Å². The van der Waals surface area contributed by atoms with Crippen LogP contribution in [0.25, 0.3) is 11.1 Å². The van der Waals surface area contributed by atoms with Crippen LogP contribution in [0.15, 0.2) is 30.3 Å². The summed E-state index contributed by atoms with van der Waals surface area (Å²) in [7, 11) is 1.29. The second-order valence-electron chi connectivity index (χ2n) is 5.39. The Hall–Kier alpha value is -2.43. The van der Waals surface area contributed by atoms with Crippen molar-refractivity contribution in [2.45, 2.75) is 26.7 Å². The number of aromatic nitrogens is 1. The van der Waals surface area contributed by atoms with Gasteiger partial charge in [-0.1, -0.05) is 13.8 Å². The van der Waals surface area contributed by atoms with Crippen LogP contribution in [0.4, 0.5) is 4.39 Å². The highest BCUT2D eigenvalue weighted by Crippen LogP contribution is 2.29. The predicted molar refractivity (Wildman–Crippen MR) is 86.2 cm³/mol. The molecule has 0 atom stereocenters. The number of halogens is 1. The van der Waals surface area contributed by atoms with Crippen LogP contribution in [0.1, 0.15) is 42.9 Å². The summed E-state index contributed by atoms with van der Waals surface area (Å²) in [6.45, 7) is 6.27. The van der Waals surface area contributed by atoms with Crippen molar-refractivity contribution in [3.05, 3.63) is 47.5 Å². The zero-order chi connectivity index (χ0) is 17.0. The number of methoxy groups -OCH3 is 1. The summed E-state index contributed by atoms with van der Waals surface area (Å²) < 4.78 is 24.4. The largest absolute Gasteiger partial charge is 0.494 e. The Morgan fingerprint density at radius 3 is 2.61 bits per heavy atom. The predicted octanol–water partition coefficient (Wildman–Crippen LogP) is 4.20. The second kappa shape index (κ2) is 7.22. The molecule has 0 aliphatic carbocycles. The molecule has 0 aliphatic rings. The van der Waals surface area contributed by atoms with Crippen LogP contribution in [0.2, 0.25) is 0 Å². The maximum atomic E-state index is 14.3. The number of pyridine rings is 1. The Kier molecular flexibility index (Phi) is 5.32. The van der Waals surface area contributed by atoms with Gasteiger partial charge in [-0.2, -0.15) is 0 Å². The number of carbonyl (C=O) groups is 1.